The average Bonchev–Trinajstić information content (AvgIpc) is 3.39. The molecular weight excluding hydrogens is 478 g/mol. The number of hydrogen-bond donors (Lipinski definition) is 3. The van der Waals surface area contributed by atoms with Crippen LogP contribution in [0.4, 0.5) is 0 Å². The van der Waals surface area contributed by atoms with Crippen LogP contribution in [0.25, 0.3) is 10.8 Å². The second-order valence-corrected chi connectivity index (χ2v) is 9.92. The number of carbonyl (C=O) groups is 2. The fourth-order valence-electron chi connectivity index (χ4n) is 4.95. The lowest BCUT2D eigenvalue weighted by atomic mass is 9.96. The van der Waals surface area contributed by atoms with Crippen molar-refractivity contribution in [2.75, 3.05) is 13.1 Å². The van der Waals surface area contributed by atoms with Crippen molar-refractivity contribution in [2.24, 2.45) is 5.92 Å². The lowest BCUT2D eigenvalue weighted by Gasteiger charge is -2.26. The first-order valence-corrected chi connectivity index (χ1v) is 13.2. The molecule has 3 atom stereocenters. The minimum absolute atomic E-state index is 0.105. The maximum Gasteiger partial charge on any atom is 0.249 e. The van der Waals surface area contributed by atoms with Gasteiger partial charge >= 0.3 is 0 Å². The van der Waals surface area contributed by atoms with Gasteiger partial charge in [0.05, 0.1) is 5.92 Å². The summed E-state index contributed by atoms with van der Waals surface area (Å²) in [5.74, 6) is 0.290. The monoisotopic (exact) mass is 511 g/mol. The highest BCUT2D eigenvalue weighted by atomic mass is 16.5. The standard InChI is InChI=1S/C30H33N5O3/c1-20-32-30(38-35-20)27(17-21-8-3-2-4-9-21)34-29(37)26(33-28(36)25-12-7-15-31-19-25)18-22-13-14-23-10-5-6-11-24(23)16-22/h2-6,8-11,13-14,16,25-27,31H,7,12,15,17-19H2,1H3,(H,33,36)(H,34,37). The largest absolute Gasteiger partial charge is 0.344 e. The number of rotatable bonds is 9. The van der Waals surface area contributed by atoms with Crippen LogP contribution < -0.4 is 16.0 Å². The third-order valence-corrected chi connectivity index (χ3v) is 6.99. The summed E-state index contributed by atoms with van der Waals surface area (Å²) in [5.41, 5.74) is 2.00. The number of hydrogen-bond acceptors (Lipinski definition) is 6. The third-order valence-electron chi connectivity index (χ3n) is 6.99. The number of amides is 2. The van der Waals surface area contributed by atoms with E-state index in [0.29, 0.717) is 31.1 Å². The normalized spacial score (nSPS) is 17.0. The van der Waals surface area contributed by atoms with Gasteiger partial charge in [-0.3, -0.25) is 9.59 Å². The molecule has 0 aliphatic carbocycles. The second-order valence-electron chi connectivity index (χ2n) is 9.92. The van der Waals surface area contributed by atoms with Crippen molar-refractivity contribution >= 4 is 22.6 Å². The lowest BCUT2D eigenvalue weighted by molar-refractivity contribution is -0.131. The number of fused-ring (bicyclic) bond motifs is 1. The minimum atomic E-state index is -0.757. The molecule has 0 saturated carbocycles. The van der Waals surface area contributed by atoms with Crippen molar-refractivity contribution in [2.45, 2.75) is 44.7 Å². The van der Waals surface area contributed by atoms with Crippen molar-refractivity contribution in [3.8, 4) is 0 Å². The molecule has 1 aliphatic heterocycles. The Morgan fingerprint density at radius 1 is 0.974 bits per heavy atom. The first-order valence-electron chi connectivity index (χ1n) is 13.2. The van der Waals surface area contributed by atoms with Crippen LogP contribution in [0, 0.1) is 12.8 Å². The highest BCUT2D eigenvalue weighted by molar-refractivity contribution is 5.89. The van der Waals surface area contributed by atoms with E-state index in [1.54, 1.807) is 6.92 Å². The van der Waals surface area contributed by atoms with Crippen LogP contribution in [-0.2, 0) is 22.4 Å². The minimum Gasteiger partial charge on any atom is -0.344 e. The molecular formula is C30H33N5O3. The maximum atomic E-state index is 13.8. The van der Waals surface area contributed by atoms with E-state index >= 15 is 0 Å². The average molecular weight is 512 g/mol. The van der Waals surface area contributed by atoms with Crippen LogP contribution in [0.15, 0.2) is 77.3 Å². The molecule has 2 heterocycles. The van der Waals surface area contributed by atoms with Gasteiger partial charge in [0.2, 0.25) is 17.7 Å². The summed E-state index contributed by atoms with van der Waals surface area (Å²) in [6, 6.07) is 22.8. The Morgan fingerprint density at radius 2 is 1.76 bits per heavy atom. The quantitative estimate of drug-likeness (QED) is 0.317. The smallest absolute Gasteiger partial charge is 0.249 e. The molecule has 3 aromatic carbocycles. The SMILES string of the molecule is Cc1noc(C(Cc2ccccc2)NC(=O)C(Cc2ccc3ccccc3c2)NC(=O)C2CCCNC2)n1. The molecule has 8 heteroatoms. The molecule has 1 saturated heterocycles. The molecule has 3 N–H and O–H groups in total. The van der Waals surface area contributed by atoms with Crippen LogP contribution in [0.3, 0.4) is 0 Å². The molecule has 4 aromatic rings. The predicted octanol–water partition coefficient (Wildman–Crippen LogP) is 3.66. The van der Waals surface area contributed by atoms with E-state index < -0.39 is 12.1 Å². The number of nitrogens with zero attached hydrogens (tertiary/aromatic N) is 2. The summed E-state index contributed by atoms with van der Waals surface area (Å²) in [5, 5.41) is 15.6. The van der Waals surface area contributed by atoms with Crippen LogP contribution >= 0.6 is 0 Å². The Hall–Kier alpha value is -4.04. The molecule has 5 rings (SSSR count). The van der Waals surface area contributed by atoms with E-state index in [4.69, 9.17) is 4.52 Å². The van der Waals surface area contributed by atoms with E-state index in [2.05, 4.69) is 38.2 Å². The van der Waals surface area contributed by atoms with Gasteiger partial charge in [-0.25, -0.2) is 0 Å². The van der Waals surface area contributed by atoms with E-state index in [-0.39, 0.29) is 17.7 Å². The molecule has 2 amide bonds. The van der Waals surface area contributed by atoms with Crippen molar-refractivity contribution < 1.29 is 14.1 Å². The molecule has 1 aromatic heterocycles. The molecule has 0 radical (unpaired) electrons. The van der Waals surface area contributed by atoms with Crippen LogP contribution in [0.2, 0.25) is 0 Å². The zero-order chi connectivity index (χ0) is 26.3. The van der Waals surface area contributed by atoms with Gasteiger partial charge in [0.1, 0.15) is 12.1 Å². The van der Waals surface area contributed by atoms with Crippen LogP contribution in [-0.4, -0.2) is 41.1 Å². The number of carbonyl (C=O) groups excluding carboxylic acids is 2. The summed E-state index contributed by atoms with van der Waals surface area (Å²) in [7, 11) is 0. The molecule has 1 aliphatic rings. The molecule has 0 spiro atoms. The lowest BCUT2D eigenvalue weighted by Crippen LogP contribution is -2.52. The van der Waals surface area contributed by atoms with Gasteiger partial charge in [-0.1, -0.05) is 78.0 Å². The topological polar surface area (TPSA) is 109 Å². The Labute approximate surface area is 222 Å². The first-order chi connectivity index (χ1) is 18.5. The summed E-state index contributed by atoms with van der Waals surface area (Å²) < 4.78 is 5.45. The number of aromatic nitrogens is 2. The summed E-state index contributed by atoms with van der Waals surface area (Å²) >= 11 is 0. The number of benzene rings is 3. The zero-order valence-corrected chi connectivity index (χ0v) is 21.5. The van der Waals surface area contributed by atoms with Gasteiger partial charge in [0.15, 0.2) is 5.82 Å². The van der Waals surface area contributed by atoms with Crippen molar-refractivity contribution in [1.82, 2.24) is 26.1 Å². The Kier molecular flexibility index (Phi) is 8.09. The molecule has 196 valence electrons. The van der Waals surface area contributed by atoms with Gasteiger partial charge in [-0.05, 0) is 48.2 Å². The highest BCUT2D eigenvalue weighted by Crippen LogP contribution is 2.20. The van der Waals surface area contributed by atoms with E-state index in [0.717, 1.165) is 41.3 Å². The predicted molar refractivity (Wildman–Crippen MR) is 145 cm³/mol. The zero-order valence-electron chi connectivity index (χ0n) is 21.5. The van der Waals surface area contributed by atoms with Gasteiger partial charge in [0.25, 0.3) is 0 Å². The molecule has 1 fully saturated rings. The fourth-order valence-corrected chi connectivity index (χ4v) is 4.95. The van der Waals surface area contributed by atoms with Gasteiger partial charge in [-0.2, -0.15) is 4.98 Å². The number of piperidine rings is 1. The van der Waals surface area contributed by atoms with Crippen LogP contribution in [0.5, 0.6) is 0 Å². The van der Waals surface area contributed by atoms with Gasteiger partial charge in [-0.15, -0.1) is 0 Å². The summed E-state index contributed by atoms with van der Waals surface area (Å²) in [4.78, 5) is 31.4. The highest BCUT2D eigenvalue weighted by Gasteiger charge is 2.30. The van der Waals surface area contributed by atoms with Gasteiger partial charge < -0.3 is 20.5 Å². The van der Waals surface area contributed by atoms with Crippen LogP contribution in [0.1, 0.15) is 41.7 Å². The Bertz CT molecular complexity index is 1380. The fraction of sp³-hybridized carbons (Fsp3) is 0.333. The van der Waals surface area contributed by atoms with Crippen molar-refractivity contribution in [3.05, 3.63) is 95.6 Å². The molecule has 0 bridgehead atoms. The molecule has 38 heavy (non-hydrogen) atoms. The number of aryl methyl sites for hydroxylation is 1. The third kappa shape index (κ3) is 6.44. The molecule has 3 unspecified atom stereocenters. The van der Waals surface area contributed by atoms with E-state index in [1.807, 2.05) is 60.7 Å². The summed E-state index contributed by atoms with van der Waals surface area (Å²) in [6.45, 7) is 3.28. The maximum absolute atomic E-state index is 13.8. The second kappa shape index (κ2) is 12.0. The summed E-state index contributed by atoms with van der Waals surface area (Å²) in [6.07, 6.45) is 2.59. The Morgan fingerprint density at radius 3 is 2.50 bits per heavy atom. The van der Waals surface area contributed by atoms with E-state index in [9.17, 15) is 9.59 Å². The van der Waals surface area contributed by atoms with Crippen molar-refractivity contribution in [3.63, 3.8) is 0 Å². The molecule has 8 nitrogen and oxygen atoms in total. The van der Waals surface area contributed by atoms with Gasteiger partial charge in [0, 0.05) is 19.4 Å². The first kappa shape index (κ1) is 25.6. The van der Waals surface area contributed by atoms with Crippen molar-refractivity contribution in [1.29, 1.82) is 0 Å². The Balaban J connectivity index is 1.39. The van der Waals surface area contributed by atoms with E-state index in [1.165, 1.54) is 0 Å². The number of nitrogens with one attached hydrogen (secondary N) is 3.